The zero-order valence-electron chi connectivity index (χ0n) is 44.6. The lowest BCUT2D eigenvalue weighted by Gasteiger charge is -2.24. The third-order valence-corrected chi connectivity index (χ3v) is 9.48. The topological polar surface area (TPSA) is 185 Å². The summed E-state index contributed by atoms with van der Waals surface area (Å²) < 4.78 is 219. The number of alkyl halides is 17. The van der Waals surface area contributed by atoms with E-state index < -0.39 is 113 Å². The fourth-order valence-corrected chi connectivity index (χ4v) is 5.59. The standard InChI is InChI=1S/C18H14F6O2.C14H23N.C10H8F6O.C8H8O2.CH2Cl2.CHF3O.2O2S/c1-11(26-10-16(25)12-5-3-2-4-6-12)13-7-14(17(19,20)21)9-15(8-13)18(22,23)24;1-10-8-11(13(2,3)4)15-12(9-10)14(5,6)7;1-5(17)6-2-7(9(11,12)13)4-8(3-6)10(14,15)16;9-6-8(10)7-4-2-1-3-5-7;2-1-3;2-1(3,4)5;2*1-3-2/h2-9,11H,10H2,1H3;8-9H,1-7H3;2-5,17H,1H3;1-5,9H,6H2;1H2;5H;;/t11-;;5-;;;;;/m1.1...../s1. The van der Waals surface area contributed by atoms with E-state index in [-0.39, 0.29) is 39.6 Å². The van der Waals surface area contributed by atoms with Gasteiger partial charge >= 0.3 is 54.2 Å². The minimum Gasteiger partial charge on any atom is -0.389 e. The number of halogens is 17. The smallest absolute Gasteiger partial charge is 0.389 e. The maximum atomic E-state index is 12.9. The number of ether oxygens (including phenoxy) is 1. The molecule has 2 atom stereocenters. The average Bonchev–Trinajstić information content (AvgIpc) is 3.34. The Hall–Kier alpha value is -5.62. The Kier molecular flexibility index (Phi) is 36.2. The third-order valence-electron chi connectivity index (χ3n) is 9.48. The molecule has 0 fully saturated rings. The van der Waals surface area contributed by atoms with Crippen LogP contribution in [0.5, 0.6) is 0 Å². The van der Waals surface area contributed by atoms with Crippen LogP contribution in [0.2, 0.25) is 0 Å². The van der Waals surface area contributed by atoms with Gasteiger partial charge in [-0.15, -0.1) is 36.4 Å². The van der Waals surface area contributed by atoms with Crippen molar-refractivity contribution in [1.29, 1.82) is 0 Å². The van der Waals surface area contributed by atoms with Crippen LogP contribution in [0.25, 0.3) is 0 Å². The second kappa shape index (κ2) is 36.9. The van der Waals surface area contributed by atoms with Gasteiger partial charge in [0.1, 0.15) is 13.2 Å². The van der Waals surface area contributed by atoms with Crippen molar-refractivity contribution in [3.05, 3.63) is 171 Å². The van der Waals surface area contributed by atoms with E-state index in [1.54, 1.807) is 42.5 Å². The summed E-state index contributed by atoms with van der Waals surface area (Å²) in [6.45, 7) is 16.9. The van der Waals surface area contributed by atoms with Crippen LogP contribution in [0.4, 0.5) is 65.9 Å². The van der Waals surface area contributed by atoms with Crippen molar-refractivity contribution in [3.8, 4) is 0 Å². The van der Waals surface area contributed by atoms with E-state index in [1.165, 1.54) is 36.0 Å². The van der Waals surface area contributed by atoms with Gasteiger partial charge in [0.2, 0.25) is 0 Å². The van der Waals surface area contributed by atoms with Crippen molar-refractivity contribution in [2.24, 2.45) is 0 Å². The molecule has 82 heavy (non-hydrogen) atoms. The summed E-state index contributed by atoms with van der Waals surface area (Å²) in [6, 6.07) is 23.4. The summed E-state index contributed by atoms with van der Waals surface area (Å²) >= 11 is 8.03. The first kappa shape index (κ1) is 80.6. The highest BCUT2D eigenvalue weighted by Gasteiger charge is 2.39. The van der Waals surface area contributed by atoms with Gasteiger partial charge in [0.05, 0.1) is 39.8 Å². The Labute approximate surface area is 479 Å². The molecule has 0 spiro atoms. The van der Waals surface area contributed by atoms with E-state index in [4.69, 9.17) is 65.1 Å². The first-order valence-corrected chi connectivity index (χ1v) is 25.0. The molecule has 0 bridgehead atoms. The maximum absolute atomic E-state index is 12.9. The molecule has 1 heterocycles. The molecule has 0 amide bonds. The number of aliphatic hydroxyl groups excluding tert-OH is 2. The number of hydrogen-bond donors (Lipinski definition) is 3. The predicted octanol–water partition coefficient (Wildman–Crippen LogP) is 14.9. The van der Waals surface area contributed by atoms with Crippen LogP contribution in [-0.4, -0.2) is 73.6 Å². The summed E-state index contributed by atoms with van der Waals surface area (Å²) in [5.41, 5.74) is -1.60. The molecule has 460 valence electrons. The Morgan fingerprint density at radius 3 is 1.05 bits per heavy atom. The van der Waals surface area contributed by atoms with Gasteiger partial charge in [0, 0.05) is 33.3 Å². The number of Topliss-reactive ketones (excluding diaryl/α,β-unsaturated/α-hetero) is 2. The molecule has 0 aliphatic carbocycles. The third kappa shape index (κ3) is 36.1. The highest BCUT2D eigenvalue weighted by molar-refractivity contribution is 7.52. The fraction of sp³-hybridized carbons (Fsp3) is 0.404. The first-order valence-electron chi connectivity index (χ1n) is 22.6. The molecule has 0 aliphatic rings. The summed E-state index contributed by atoms with van der Waals surface area (Å²) in [4.78, 5) is 27.5. The number of benzene rings is 4. The van der Waals surface area contributed by atoms with Crippen LogP contribution in [0, 0.1) is 6.92 Å². The lowest BCUT2D eigenvalue weighted by molar-refractivity contribution is -0.295. The van der Waals surface area contributed by atoms with Gasteiger partial charge in [-0.25, -0.2) is 0 Å². The Morgan fingerprint density at radius 1 is 0.537 bits per heavy atom. The second-order valence-corrected chi connectivity index (χ2v) is 19.2. The largest absolute Gasteiger partial charge is 0.519 e. The van der Waals surface area contributed by atoms with Gasteiger partial charge in [-0.05, 0) is 86.0 Å². The highest BCUT2D eigenvalue weighted by atomic mass is 35.5. The van der Waals surface area contributed by atoms with E-state index >= 15 is 0 Å². The summed E-state index contributed by atoms with van der Waals surface area (Å²) in [5, 5.41) is 24.2. The van der Waals surface area contributed by atoms with Crippen LogP contribution in [0.1, 0.15) is 139 Å². The van der Waals surface area contributed by atoms with Crippen LogP contribution in [0.3, 0.4) is 0 Å². The number of carbonyl (C=O) groups is 2. The SMILES string of the molecule is C[C@@H](O)c1cc(C(F)(F)F)cc(C(F)(F)F)c1.C[C@@H](OCC(=O)c1ccccc1)c1cc(C(F)(F)F)cc(C(F)(F)F)c1.Cc1cc(C(C)(C)C)nc(C(C)(C)C)c1.ClCCl.O=C(CO)c1ccccc1.O=S=O.O=S=O.OC(F)(F)F. The molecule has 5 rings (SSSR count). The molecular formula is C52H56Cl2F15NO10S2. The van der Waals surface area contributed by atoms with Crippen LogP contribution < -0.4 is 0 Å². The number of ketones is 2. The normalized spacial score (nSPS) is 12.1. The maximum Gasteiger partial charge on any atom is 0.519 e. The molecule has 0 aliphatic heterocycles. The predicted molar refractivity (Wildman–Crippen MR) is 276 cm³/mol. The molecule has 11 nitrogen and oxygen atoms in total. The van der Waals surface area contributed by atoms with Crippen molar-refractivity contribution in [3.63, 3.8) is 0 Å². The van der Waals surface area contributed by atoms with E-state index in [2.05, 4.69) is 60.6 Å². The number of aryl methyl sites for hydroxylation is 1. The van der Waals surface area contributed by atoms with E-state index in [0.29, 0.717) is 35.4 Å². The minimum atomic E-state index is -5.00. The molecule has 1 aromatic heterocycles. The van der Waals surface area contributed by atoms with Gasteiger partial charge in [0.25, 0.3) is 0 Å². The Bertz CT molecular complexity index is 2640. The molecule has 0 saturated heterocycles. The molecule has 5 aromatic rings. The molecule has 0 radical (unpaired) electrons. The zero-order valence-corrected chi connectivity index (χ0v) is 47.7. The van der Waals surface area contributed by atoms with Crippen molar-refractivity contribution in [1.82, 2.24) is 4.98 Å². The lowest BCUT2D eigenvalue weighted by atomic mass is 9.87. The van der Waals surface area contributed by atoms with E-state index in [1.807, 2.05) is 6.07 Å². The van der Waals surface area contributed by atoms with Gasteiger partial charge in [-0.3, -0.25) is 14.6 Å². The number of pyridine rings is 1. The van der Waals surface area contributed by atoms with Crippen LogP contribution in [-0.2, 0) is 63.4 Å². The highest BCUT2D eigenvalue weighted by Crippen LogP contribution is 2.39. The summed E-state index contributed by atoms with van der Waals surface area (Å²) in [6.07, 6.45) is -27.2. The average molecular weight is 1280 g/mol. The number of aromatic nitrogens is 1. The van der Waals surface area contributed by atoms with Crippen molar-refractivity contribution < 1.29 is 112 Å². The number of hydrogen-bond acceptors (Lipinski definition) is 11. The minimum absolute atomic E-state index is 0.0197. The van der Waals surface area contributed by atoms with E-state index in [0.717, 1.165) is 6.92 Å². The molecular weight excluding hydrogens is 1220 g/mol. The van der Waals surface area contributed by atoms with Crippen LogP contribution in [0.15, 0.2) is 109 Å². The zero-order chi connectivity index (χ0) is 64.8. The summed E-state index contributed by atoms with van der Waals surface area (Å²) in [5.74, 6) is -0.666. The molecule has 4 aromatic carbocycles. The van der Waals surface area contributed by atoms with Gasteiger partial charge in [-0.2, -0.15) is 69.5 Å². The van der Waals surface area contributed by atoms with E-state index in [9.17, 15) is 75.4 Å². The second-order valence-electron chi connectivity index (χ2n) is 18.2. The fourth-order valence-electron chi connectivity index (χ4n) is 5.59. The molecule has 0 unspecified atom stereocenters. The van der Waals surface area contributed by atoms with Crippen molar-refractivity contribution >= 4 is 57.9 Å². The Balaban J connectivity index is -0.000000975. The van der Waals surface area contributed by atoms with Gasteiger partial charge < -0.3 is 20.1 Å². The van der Waals surface area contributed by atoms with Gasteiger partial charge in [0.15, 0.2) is 11.6 Å². The Morgan fingerprint density at radius 2 is 0.805 bits per heavy atom. The molecule has 3 N–H and O–H groups in total. The van der Waals surface area contributed by atoms with Crippen molar-refractivity contribution in [2.45, 2.75) is 116 Å². The lowest BCUT2D eigenvalue weighted by Crippen LogP contribution is -2.20. The number of nitrogens with zero attached hydrogens (tertiary/aromatic N) is 1. The van der Waals surface area contributed by atoms with Gasteiger partial charge in [-0.1, -0.05) is 102 Å². The number of rotatable bonds is 8. The number of aliphatic hydroxyl groups is 3. The number of carbonyl (C=O) groups excluding carboxylic acids is 2. The van der Waals surface area contributed by atoms with Crippen LogP contribution >= 0.6 is 23.2 Å². The summed E-state index contributed by atoms with van der Waals surface area (Å²) in [7, 11) is 0. The monoisotopic (exact) mass is 1270 g/mol. The molecule has 0 saturated carbocycles. The first-order chi connectivity index (χ1) is 37.2. The van der Waals surface area contributed by atoms with Crippen molar-refractivity contribution in [2.75, 3.05) is 18.6 Å². The quantitative estimate of drug-likeness (QED) is 0.0763. The molecule has 30 heteroatoms.